The third-order valence-electron chi connectivity index (χ3n) is 1.93. The number of carbonyl (C=O) groups is 1. The first-order chi connectivity index (χ1) is 7.25. The molecule has 0 spiro atoms. The summed E-state index contributed by atoms with van der Waals surface area (Å²) >= 11 is 0. The minimum absolute atomic E-state index is 0.107. The van der Waals surface area contributed by atoms with Crippen molar-refractivity contribution in [3.8, 4) is 11.5 Å². The van der Waals surface area contributed by atoms with Gasteiger partial charge in [-0.1, -0.05) is 18.2 Å². The fourth-order valence-corrected chi connectivity index (χ4v) is 1.28. The summed E-state index contributed by atoms with van der Waals surface area (Å²) in [7, 11) is 0. The van der Waals surface area contributed by atoms with Gasteiger partial charge in [0.15, 0.2) is 0 Å². The van der Waals surface area contributed by atoms with Crippen LogP contribution in [-0.4, -0.2) is 10.9 Å². The van der Waals surface area contributed by atoms with Crippen molar-refractivity contribution in [2.24, 2.45) is 5.73 Å². The van der Waals surface area contributed by atoms with Gasteiger partial charge in [0.2, 0.25) is 11.8 Å². The van der Waals surface area contributed by atoms with E-state index in [1.54, 1.807) is 0 Å². The first-order valence-electron chi connectivity index (χ1n) is 4.54. The van der Waals surface area contributed by atoms with Crippen molar-refractivity contribution in [1.29, 1.82) is 0 Å². The molecule has 1 heterocycles. The first-order valence-corrected chi connectivity index (χ1v) is 4.54. The summed E-state index contributed by atoms with van der Waals surface area (Å²) in [6.45, 7) is 0. The smallest absolute Gasteiger partial charge is 0.226 e. The Morgan fingerprint density at radius 1 is 1.33 bits per heavy atom. The lowest BCUT2D eigenvalue weighted by Crippen LogP contribution is -2.13. The minimum Gasteiger partial charge on any atom is -0.444 e. The van der Waals surface area contributed by atoms with E-state index in [2.05, 4.69) is 4.98 Å². The summed E-state index contributed by atoms with van der Waals surface area (Å²) in [5.41, 5.74) is 6.49. The van der Waals surface area contributed by atoms with Gasteiger partial charge in [0.05, 0.1) is 12.1 Å². The van der Waals surface area contributed by atoms with Crippen LogP contribution < -0.4 is 5.73 Å². The van der Waals surface area contributed by atoms with E-state index in [0.717, 1.165) is 5.56 Å². The van der Waals surface area contributed by atoms with E-state index in [9.17, 15) is 4.79 Å². The highest BCUT2D eigenvalue weighted by molar-refractivity contribution is 5.76. The molecular weight excluding hydrogens is 192 g/mol. The second-order valence-corrected chi connectivity index (χ2v) is 3.15. The number of benzene rings is 1. The van der Waals surface area contributed by atoms with Gasteiger partial charge in [-0.05, 0) is 12.1 Å². The quantitative estimate of drug-likeness (QED) is 0.817. The molecular formula is C11H10N2O2. The number of nitrogens with zero attached hydrogens (tertiary/aromatic N) is 1. The standard InChI is InChI=1S/C11H10N2O2/c12-10(14)6-9-7-15-11(13-9)8-4-2-1-3-5-8/h1-5,7H,6H2,(H2,12,14). The van der Waals surface area contributed by atoms with E-state index in [0.29, 0.717) is 11.6 Å². The summed E-state index contributed by atoms with van der Waals surface area (Å²) in [6, 6.07) is 9.48. The van der Waals surface area contributed by atoms with Crippen LogP contribution in [0.15, 0.2) is 41.0 Å². The predicted molar refractivity (Wildman–Crippen MR) is 54.8 cm³/mol. The molecule has 0 aliphatic heterocycles. The molecule has 0 unspecified atom stereocenters. The van der Waals surface area contributed by atoms with Crippen molar-refractivity contribution in [3.05, 3.63) is 42.3 Å². The van der Waals surface area contributed by atoms with Gasteiger partial charge in [0.1, 0.15) is 6.26 Å². The van der Waals surface area contributed by atoms with Crippen molar-refractivity contribution < 1.29 is 9.21 Å². The largest absolute Gasteiger partial charge is 0.444 e. The maximum absolute atomic E-state index is 10.7. The molecule has 1 aromatic carbocycles. The molecule has 4 heteroatoms. The number of rotatable bonds is 3. The van der Waals surface area contributed by atoms with Crippen LogP contribution in [0.5, 0.6) is 0 Å². The van der Waals surface area contributed by atoms with Crippen LogP contribution in [0.1, 0.15) is 5.69 Å². The Morgan fingerprint density at radius 2 is 2.07 bits per heavy atom. The summed E-state index contributed by atoms with van der Waals surface area (Å²) < 4.78 is 5.23. The van der Waals surface area contributed by atoms with Crippen molar-refractivity contribution >= 4 is 5.91 Å². The highest BCUT2D eigenvalue weighted by Crippen LogP contribution is 2.17. The van der Waals surface area contributed by atoms with Crippen LogP contribution in [0.2, 0.25) is 0 Å². The lowest BCUT2D eigenvalue weighted by Gasteiger charge is -1.92. The van der Waals surface area contributed by atoms with Crippen molar-refractivity contribution in [2.75, 3.05) is 0 Å². The molecule has 0 saturated heterocycles. The van der Waals surface area contributed by atoms with Crippen molar-refractivity contribution in [3.63, 3.8) is 0 Å². The van der Waals surface area contributed by atoms with Crippen LogP contribution in [0.25, 0.3) is 11.5 Å². The van der Waals surface area contributed by atoms with Gasteiger partial charge >= 0.3 is 0 Å². The van der Waals surface area contributed by atoms with Crippen molar-refractivity contribution in [2.45, 2.75) is 6.42 Å². The fourth-order valence-electron chi connectivity index (χ4n) is 1.28. The zero-order chi connectivity index (χ0) is 10.7. The normalized spacial score (nSPS) is 10.1. The molecule has 0 radical (unpaired) electrons. The molecule has 1 amide bonds. The zero-order valence-electron chi connectivity index (χ0n) is 8.01. The van der Waals surface area contributed by atoms with Gasteiger partial charge in [-0.2, -0.15) is 0 Å². The van der Waals surface area contributed by atoms with E-state index in [-0.39, 0.29) is 6.42 Å². The number of oxazole rings is 1. The Hall–Kier alpha value is -2.10. The van der Waals surface area contributed by atoms with Crippen LogP contribution in [0.3, 0.4) is 0 Å². The predicted octanol–water partition coefficient (Wildman–Crippen LogP) is 1.37. The lowest BCUT2D eigenvalue weighted by atomic mass is 10.2. The van der Waals surface area contributed by atoms with Gasteiger partial charge in [-0.15, -0.1) is 0 Å². The SMILES string of the molecule is NC(=O)Cc1coc(-c2ccccc2)n1. The van der Waals surface area contributed by atoms with Crippen molar-refractivity contribution in [1.82, 2.24) is 4.98 Å². The maximum Gasteiger partial charge on any atom is 0.226 e. The second-order valence-electron chi connectivity index (χ2n) is 3.15. The molecule has 2 aromatic rings. The monoisotopic (exact) mass is 202 g/mol. The minimum atomic E-state index is -0.414. The van der Waals surface area contributed by atoms with E-state index in [4.69, 9.17) is 10.2 Å². The molecule has 1 aromatic heterocycles. The summed E-state index contributed by atoms with van der Waals surface area (Å²) in [5.74, 6) is 0.0924. The summed E-state index contributed by atoms with van der Waals surface area (Å²) in [5, 5.41) is 0. The average Bonchev–Trinajstić information content (AvgIpc) is 2.67. The highest BCUT2D eigenvalue weighted by atomic mass is 16.3. The summed E-state index contributed by atoms with van der Waals surface area (Å²) in [4.78, 5) is 14.8. The third kappa shape index (κ3) is 2.22. The molecule has 2 rings (SSSR count). The van der Waals surface area contributed by atoms with E-state index >= 15 is 0 Å². The Morgan fingerprint density at radius 3 is 2.73 bits per heavy atom. The van der Waals surface area contributed by atoms with Gasteiger partial charge in [-0.3, -0.25) is 4.79 Å². The highest BCUT2D eigenvalue weighted by Gasteiger charge is 2.07. The van der Waals surface area contributed by atoms with Gasteiger partial charge in [-0.25, -0.2) is 4.98 Å². The molecule has 15 heavy (non-hydrogen) atoms. The molecule has 2 N–H and O–H groups in total. The van der Waals surface area contributed by atoms with Crippen LogP contribution >= 0.6 is 0 Å². The Balaban J connectivity index is 2.24. The molecule has 0 aliphatic carbocycles. The Bertz CT molecular complexity index is 462. The lowest BCUT2D eigenvalue weighted by molar-refractivity contribution is -0.117. The second kappa shape index (κ2) is 3.96. The number of hydrogen-bond acceptors (Lipinski definition) is 3. The van der Waals surface area contributed by atoms with Gasteiger partial charge in [0, 0.05) is 5.56 Å². The van der Waals surface area contributed by atoms with Gasteiger partial charge in [0.25, 0.3) is 0 Å². The summed E-state index contributed by atoms with van der Waals surface area (Å²) in [6.07, 6.45) is 1.56. The Kier molecular flexibility index (Phi) is 2.49. The van der Waals surface area contributed by atoms with Crippen LogP contribution in [0, 0.1) is 0 Å². The van der Waals surface area contributed by atoms with E-state index in [1.807, 2.05) is 30.3 Å². The molecule has 76 valence electrons. The van der Waals surface area contributed by atoms with Crippen LogP contribution in [-0.2, 0) is 11.2 Å². The fraction of sp³-hybridized carbons (Fsp3) is 0.0909. The van der Waals surface area contributed by atoms with E-state index in [1.165, 1.54) is 6.26 Å². The molecule has 0 atom stereocenters. The topological polar surface area (TPSA) is 69.1 Å². The van der Waals surface area contributed by atoms with E-state index < -0.39 is 5.91 Å². The maximum atomic E-state index is 10.7. The number of amides is 1. The first kappa shape index (κ1) is 9.45. The molecule has 0 aliphatic rings. The number of hydrogen-bond donors (Lipinski definition) is 1. The average molecular weight is 202 g/mol. The van der Waals surface area contributed by atoms with Gasteiger partial charge < -0.3 is 10.2 Å². The number of carbonyl (C=O) groups excluding carboxylic acids is 1. The van der Waals surface area contributed by atoms with Crippen LogP contribution in [0.4, 0.5) is 0 Å². The molecule has 0 saturated carbocycles. The Labute approximate surface area is 86.7 Å². The third-order valence-corrected chi connectivity index (χ3v) is 1.93. The zero-order valence-corrected chi connectivity index (χ0v) is 8.01. The number of primary amides is 1. The molecule has 0 fully saturated rings. The number of aromatic nitrogens is 1. The molecule has 0 bridgehead atoms. The molecule has 4 nitrogen and oxygen atoms in total. The number of nitrogens with two attached hydrogens (primary N) is 1.